The molecule has 0 aliphatic carbocycles. The lowest BCUT2D eigenvalue weighted by Crippen LogP contribution is -2.33. The van der Waals surface area contributed by atoms with Crippen LogP contribution in [0.25, 0.3) is 0 Å². The van der Waals surface area contributed by atoms with Crippen LogP contribution in [0.4, 0.5) is 0 Å². The summed E-state index contributed by atoms with van der Waals surface area (Å²) in [6.07, 6.45) is 7.57. The third kappa shape index (κ3) is 9.15. The second-order valence-electron chi connectivity index (χ2n) is 5.29. The van der Waals surface area contributed by atoms with Gasteiger partial charge < -0.3 is 18.9 Å². The molecule has 1 aliphatic rings. The van der Waals surface area contributed by atoms with Crippen molar-refractivity contribution in [2.75, 3.05) is 13.2 Å². The Morgan fingerprint density at radius 2 is 1.78 bits per heavy atom. The van der Waals surface area contributed by atoms with Gasteiger partial charge in [0.25, 0.3) is 0 Å². The van der Waals surface area contributed by atoms with Gasteiger partial charge in [0.2, 0.25) is 0 Å². The molecule has 6 nitrogen and oxygen atoms in total. The molecule has 0 spiro atoms. The summed E-state index contributed by atoms with van der Waals surface area (Å²) in [5, 5.41) is 0. The van der Waals surface area contributed by atoms with E-state index in [-0.39, 0.29) is 11.9 Å². The van der Waals surface area contributed by atoms with E-state index in [0.717, 1.165) is 6.42 Å². The van der Waals surface area contributed by atoms with Crippen LogP contribution in [0.15, 0.2) is 24.3 Å². The van der Waals surface area contributed by atoms with Crippen molar-refractivity contribution < 1.29 is 28.5 Å². The zero-order valence-electron chi connectivity index (χ0n) is 14.0. The molecule has 130 valence electrons. The highest BCUT2D eigenvalue weighted by atomic mass is 16.7. The standard InChI is InChI=1S/C17H26O6/c1-4-5-6-8-15(22-13(2)18)11-16(23-14(3)19)12-17-20-9-7-10-21-17/h4-6,8,15-17H,7,9-12H2,1-3H3/b5-4+,8-6-/t15-,16+/m0/s1. The summed E-state index contributed by atoms with van der Waals surface area (Å²) in [5.41, 5.74) is 0. The molecule has 0 bridgehead atoms. The molecule has 6 heteroatoms. The first-order chi connectivity index (χ1) is 11.0. The van der Waals surface area contributed by atoms with Crippen molar-refractivity contribution in [3.8, 4) is 0 Å². The van der Waals surface area contributed by atoms with E-state index in [9.17, 15) is 9.59 Å². The van der Waals surface area contributed by atoms with Crippen LogP contribution in [0.5, 0.6) is 0 Å². The predicted octanol–water partition coefficient (Wildman–Crippen LogP) is 2.53. The molecule has 1 fully saturated rings. The number of carbonyl (C=O) groups excluding carboxylic acids is 2. The first-order valence-electron chi connectivity index (χ1n) is 7.88. The lowest BCUT2D eigenvalue weighted by molar-refractivity contribution is -0.197. The normalized spacial score (nSPS) is 18.9. The number of rotatable bonds is 8. The molecule has 0 aromatic carbocycles. The van der Waals surface area contributed by atoms with E-state index >= 15 is 0 Å². The number of ether oxygens (including phenoxy) is 4. The first-order valence-corrected chi connectivity index (χ1v) is 7.88. The van der Waals surface area contributed by atoms with Gasteiger partial charge in [-0.3, -0.25) is 9.59 Å². The van der Waals surface area contributed by atoms with E-state index in [2.05, 4.69) is 0 Å². The SMILES string of the molecule is C/C=C/C=C\[C@@H](C[C@H](CC1OCCCO1)OC(C)=O)OC(C)=O. The topological polar surface area (TPSA) is 71.1 Å². The van der Waals surface area contributed by atoms with Gasteiger partial charge >= 0.3 is 11.9 Å². The third-order valence-electron chi connectivity index (χ3n) is 3.13. The highest BCUT2D eigenvalue weighted by molar-refractivity contribution is 5.66. The van der Waals surface area contributed by atoms with Crippen molar-refractivity contribution in [3.63, 3.8) is 0 Å². The van der Waals surface area contributed by atoms with Crippen LogP contribution in [-0.4, -0.2) is 43.7 Å². The Morgan fingerprint density at radius 3 is 2.35 bits per heavy atom. The molecule has 2 atom stereocenters. The molecule has 0 saturated carbocycles. The monoisotopic (exact) mass is 326 g/mol. The highest BCUT2D eigenvalue weighted by Gasteiger charge is 2.25. The van der Waals surface area contributed by atoms with Gasteiger partial charge in [-0.1, -0.05) is 18.2 Å². The fourth-order valence-corrected chi connectivity index (χ4v) is 2.25. The Labute approximate surface area is 137 Å². The zero-order valence-corrected chi connectivity index (χ0v) is 14.0. The van der Waals surface area contributed by atoms with E-state index < -0.39 is 18.5 Å². The van der Waals surface area contributed by atoms with E-state index in [1.807, 2.05) is 19.1 Å². The van der Waals surface area contributed by atoms with Crippen LogP contribution in [0.2, 0.25) is 0 Å². The second-order valence-corrected chi connectivity index (χ2v) is 5.29. The van der Waals surface area contributed by atoms with Crippen molar-refractivity contribution in [2.45, 2.75) is 58.5 Å². The van der Waals surface area contributed by atoms with Gasteiger partial charge in [-0.25, -0.2) is 0 Å². The average molecular weight is 326 g/mol. The molecule has 0 N–H and O–H groups in total. The molecule has 1 heterocycles. The van der Waals surface area contributed by atoms with Gasteiger partial charge in [-0.15, -0.1) is 0 Å². The van der Waals surface area contributed by atoms with Crippen molar-refractivity contribution >= 4 is 11.9 Å². The van der Waals surface area contributed by atoms with E-state index in [4.69, 9.17) is 18.9 Å². The largest absolute Gasteiger partial charge is 0.462 e. The number of esters is 2. The minimum Gasteiger partial charge on any atom is -0.462 e. The second kappa shape index (κ2) is 11.0. The summed E-state index contributed by atoms with van der Waals surface area (Å²) in [6.45, 7) is 5.86. The van der Waals surface area contributed by atoms with Crippen LogP contribution in [0.1, 0.15) is 40.0 Å². The zero-order chi connectivity index (χ0) is 17.1. The van der Waals surface area contributed by atoms with Gasteiger partial charge in [0.15, 0.2) is 6.29 Å². The van der Waals surface area contributed by atoms with Crippen molar-refractivity contribution in [2.24, 2.45) is 0 Å². The van der Waals surface area contributed by atoms with Gasteiger partial charge in [0, 0.05) is 26.7 Å². The lowest BCUT2D eigenvalue weighted by Gasteiger charge is -2.28. The smallest absolute Gasteiger partial charge is 0.303 e. The maximum absolute atomic E-state index is 11.3. The van der Waals surface area contributed by atoms with Crippen molar-refractivity contribution in [1.82, 2.24) is 0 Å². The van der Waals surface area contributed by atoms with Gasteiger partial charge in [0.1, 0.15) is 12.2 Å². The lowest BCUT2D eigenvalue weighted by atomic mass is 10.1. The fraction of sp³-hybridized carbons (Fsp3) is 0.647. The first kappa shape index (κ1) is 19.4. The van der Waals surface area contributed by atoms with Gasteiger partial charge in [-0.2, -0.15) is 0 Å². The molecule has 0 unspecified atom stereocenters. The number of carbonyl (C=O) groups is 2. The quantitative estimate of drug-likeness (QED) is 0.504. The maximum Gasteiger partial charge on any atom is 0.303 e. The molecule has 0 aromatic heterocycles. The maximum atomic E-state index is 11.3. The van der Waals surface area contributed by atoms with Crippen molar-refractivity contribution in [3.05, 3.63) is 24.3 Å². The average Bonchev–Trinajstić information content (AvgIpc) is 2.47. The molecular weight excluding hydrogens is 300 g/mol. The van der Waals surface area contributed by atoms with Gasteiger partial charge in [0.05, 0.1) is 13.2 Å². The summed E-state index contributed by atoms with van der Waals surface area (Å²) >= 11 is 0. The fourth-order valence-electron chi connectivity index (χ4n) is 2.25. The molecular formula is C17H26O6. The Balaban J connectivity index is 2.68. The predicted molar refractivity (Wildman–Crippen MR) is 84.6 cm³/mol. The highest BCUT2D eigenvalue weighted by Crippen LogP contribution is 2.18. The Hall–Kier alpha value is -1.66. The molecule has 23 heavy (non-hydrogen) atoms. The van der Waals surface area contributed by atoms with Gasteiger partial charge in [-0.05, 0) is 19.4 Å². The number of hydrogen-bond donors (Lipinski definition) is 0. The van der Waals surface area contributed by atoms with Crippen LogP contribution in [0, 0.1) is 0 Å². The molecule has 1 rings (SSSR count). The number of allylic oxidation sites excluding steroid dienone is 3. The molecule has 0 aromatic rings. The Kier molecular flexibility index (Phi) is 9.24. The van der Waals surface area contributed by atoms with Crippen LogP contribution in [-0.2, 0) is 28.5 Å². The van der Waals surface area contributed by atoms with E-state index in [1.54, 1.807) is 12.2 Å². The Morgan fingerprint density at radius 1 is 1.13 bits per heavy atom. The minimum absolute atomic E-state index is 0.358. The summed E-state index contributed by atoms with van der Waals surface area (Å²) in [6, 6.07) is 0. The molecule has 0 radical (unpaired) electrons. The van der Waals surface area contributed by atoms with E-state index in [1.165, 1.54) is 13.8 Å². The summed E-state index contributed by atoms with van der Waals surface area (Å²) < 4.78 is 21.6. The molecule has 0 amide bonds. The molecule has 1 aliphatic heterocycles. The summed E-state index contributed by atoms with van der Waals surface area (Å²) in [7, 11) is 0. The van der Waals surface area contributed by atoms with Crippen molar-refractivity contribution in [1.29, 1.82) is 0 Å². The minimum atomic E-state index is -0.475. The van der Waals surface area contributed by atoms with Crippen LogP contribution < -0.4 is 0 Å². The Bertz CT molecular complexity index is 423. The number of hydrogen-bond acceptors (Lipinski definition) is 6. The third-order valence-corrected chi connectivity index (χ3v) is 3.13. The van der Waals surface area contributed by atoms with E-state index in [0.29, 0.717) is 26.1 Å². The van der Waals surface area contributed by atoms with Crippen LogP contribution >= 0.6 is 0 Å². The summed E-state index contributed by atoms with van der Waals surface area (Å²) in [5.74, 6) is -0.767. The molecule has 1 saturated heterocycles. The summed E-state index contributed by atoms with van der Waals surface area (Å²) in [4.78, 5) is 22.6. The van der Waals surface area contributed by atoms with Crippen LogP contribution in [0.3, 0.4) is 0 Å².